The SMILES string of the molecule is Cc1ccc(C(=O)Nc2nnc(C(C)C)s2)cc1. The van der Waals surface area contributed by atoms with Crippen LogP contribution in [0.5, 0.6) is 0 Å². The number of carbonyl (C=O) groups is 1. The molecule has 1 amide bonds. The van der Waals surface area contributed by atoms with Crippen molar-refractivity contribution in [1.82, 2.24) is 10.2 Å². The van der Waals surface area contributed by atoms with Gasteiger partial charge in [-0.05, 0) is 19.1 Å². The van der Waals surface area contributed by atoms with Crippen molar-refractivity contribution in [2.45, 2.75) is 26.7 Å². The first-order chi connectivity index (χ1) is 8.56. The zero-order valence-corrected chi connectivity index (χ0v) is 11.4. The van der Waals surface area contributed by atoms with Crippen molar-refractivity contribution < 1.29 is 4.79 Å². The summed E-state index contributed by atoms with van der Waals surface area (Å²) in [6.45, 7) is 6.08. The van der Waals surface area contributed by atoms with E-state index in [0.29, 0.717) is 16.6 Å². The van der Waals surface area contributed by atoms with Crippen LogP contribution in [0.25, 0.3) is 0 Å². The molecule has 0 spiro atoms. The minimum atomic E-state index is -0.151. The van der Waals surface area contributed by atoms with E-state index in [1.807, 2.05) is 32.9 Å². The third kappa shape index (κ3) is 2.92. The summed E-state index contributed by atoms with van der Waals surface area (Å²) in [4.78, 5) is 11.9. The van der Waals surface area contributed by atoms with E-state index in [1.54, 1.807) is 12.1 Å². The molecule has 0 saturated carbocycles. The van der Waals surface area contributed by atoms with Gasteiger partial charge in [0.05, 0.1) is 0 Å². The maximum atomic E-state index is 11.9. The van der Waals surface area contributed by atoms with Crippen molar-refractivity contribution in [3.8, 4) is 0 Å². The van der Waals surface area contributed by atoms with Gasteiger partial charge in [-0.25, -0.2) is 0 Å². The first-order valence-electron chi connectivity index (χ1n) is 5.77. The quantitative estimate of drug-likeness (QED) is 0.923. The van der Waals surface area contributed by atoms with E-state index in [9.17, 15) is 4.79 Å². The van der Waals surface area contributed by atoms with E-state index in [0.717, 1.165) is 10.6 Å². The van der Waals surface area contributed by atoms with Gasteiger partial charge in [-0.3, -0.25) is 10.1 Å². The minimum Gasteiger partial charge on any atom is -0.296 e. The van der Waals surface area contributed by atoms with Crippen LogP contribution in [0.3, 0.4) is 0 Å². The zero-order chi connectivity index (χ0) is 13.1. The molecule has 94 valence electrons. The highest BCUT2D eigenvalue weighted by Crippen LogP contribution is 2.22. The molecule has 1 aromatic heterocycles. The second kappa shape index (κ2) is 5.27. The second-order valence-electron chi connectivity index (χ2n) is 4.42. The lowest BCUT2D eigenvalue weighted by atomic mass is 10.1. The first kappa shape index (κ1) is 12.7. The summed E-state index contributed by atoms with van der Waals surface area (Å²) in [5.74, 6) is 0.175. The topological polar surface area (TPSA) is 54.9 Å². The lowest BCUT2D eigenvalue weighted by molar-refractivity contribution is 0.102. The maximum Gasteiger partial charge on any atom is 0.257 e. The van der Waals surface area contributed by atoms with Crippen molar-refractivity contribution in [1.29, 1.82) is 0 Å². The lowest BCUT2D eigenvalue weighted by Gasteiger charge is -2.01. The van der Waals surface area contributed by atoms with Crippen LogP contribution in [0.1, 0.15) is 40.7 Å². The summed E-state index contributed by atoms with van der Waals surface area (Å²) in [6, 6.07) is 7.42. The van der Waals surface area contributed by atoms with E-state index in [-0.39, 0.29) is 5.91 Å². The van der Waals surface area contributed by atoms with Gasteiger partial charge in [-0.15, -0.1) is 10.2 Å². The Morgan fingerprint density at radius 1 is 1.22 bits per heavy atom. The molecule has 1 N–H and O–H groups in total. The Morgan fingerprint density at radius 3 is 2.44 bits per heavy atom. The number of nitrogens with one attached hydrogen (secondary N) is 1. The van der Waals surface area contributed by atoms with Crippen molar-refractivity contribution in [3.05, 3.63) is 40.4 Å². The highest BCUT2D eigenvalue weighted by molar-refractivity contribution is 7.15. The molecule has 0 aliphatic heterocycles. The third-order valence-electron chi connectivity index (χ3n) is 2.47. The Morgan fingerprint density at radius 2 is 1.89 bits per heavy atom. The fraction of sp³-hybridized carbons (Fsp3) is 0.308. The number of nitrogens with zero attached hydrogens (tertiary/aromatic N) is 2. The smallest absolute Gasteiger partial charge is 0.257 e. The van der Waals surface area contributed by atoms with E-state index in [2.05, 4.69) is 15.5 Å². The summed E-state index contributed by atoms with van der Waals surface area (Å²) in [6.07, 6.45) is 0. The molecule has 0 unspecified atom stereocenters. The molecule has 1 aromatic carbocycles. The molecule has 0 aliphatic rings. The summed E-state index contributed by atoms with van der Waals surface area (Å²) >= 11 is 1.41. The van der Waals surface area contributed by atoms with Gasteiger partial charge in [-0.1, -0.05) is 42.9 Å². The Labute approximate surface area is 110 Å². The summed E-state index contributed by atoms with van der Waals surface area (Å²) in [5, 5.41) is 12.2. The van der Waals surface area contributed by atoms with Gasteiger partial charge < -0.3 is 0 Å². The van der Waals surface area contributed by atoms with Crippen LogP contribution in [0.2, 0.25) is 0 Å². The molecule has 0 bridgehead atoms. The van der Waals surface area contributed by atoms with E-state index < -0.39 is 0 Å². The number of amides is 1. The number of anilines is 1. The predicted molar refractivity (Wildman–Crippen MR) is 73.1 cm³/mol. The molecule has 5 heteroatoms. The number of carbonyl (C=O) groups excluding carboxylic acids is 1. The molecule has 0 atom stereocenters. The van der Waals surface area contributed by atoms with Crippen LogP contribution in [-0.4, -0.2) is 16.1 Å². The normalized spacial score (nSPS) is 10.7. The average Bonchev–Trinajstić information content (AvgIpc) is 2.78. The van der Waals surface area contributed by atoms with Crippen LogP contribution in [0, 0.1) is 6.92 Å². The highest BCUT2D eigenvalue weighted by Gasteiger charge is 2.11. The monoisotopic (exact) mass is 261 g/mol. The number of rotatable bonds is 3. The van der Waals surface area contributed by atoms with Gasteiger partial charge in [0.2, 0.25) is 5.13 Å². The van der Waals surface area contributed by atoms with Gasteiger partial charge in [0.1, 0.15) is 5.01 Å². The number of hydrogen-bond acceptors (Lipinski definition) is 4. The van der Waals surface area contributed by atoms with Gasteiger partial charge >= 0.3 is 0 Å². The Bertz CT molecular complexity index is 546. The highest BCUT2D eigenvalue weighted by atomic mass is 32.1. The zero-order valence-electron chi connectivity index (χ0n) is 10.6. The molecule has 2 rings (SSSR count). The van der Waals surface area contributed by atoms with Crippen molar-refractivity contribution in [2.75, 3.05) is 5.32 Å². The first-order valence-corrected chi connectivity index (χ1v) is 6.59. The predicted octanol–water partition coefficient (Wildman–Crippen LogP) is 3.22. The number of hydrogen-bond donors (Lipinski definition) is 1. The number of aryl methyl sites for hydroxylation is 1. The molecule has 1 heterocycles. The molecule has 0 fully saturated rings. The number of aromatic nitrogens is 2. The van der Waals surface area contributed by atoms with E-state index >= 15 is 0 Å². The summed E-state index contributed by atoms with van der Waals surface area (Å²) in [7, 11) is 0. The molecule has 18 heavy (non-hydrogen) atoms. The minimum absolute atomic E-state index is 0.151. The Kier molecular flexibility index (Phi) is 3.72. The fourth-order valence-corrected chi connectivity index (χ4v) is 2.13. The van der Waals surface area contributed by atoms with Gasteiger partial charge in [-0.2, -0.15) is 0 Å². The summed E-state index contributed by atoms with van der Waals surface area (Å²) in [5.41, 5.74) is 1.76. The van der Waals surface area contributed by atoms with Crippen LogP contribution < -0.4 is 5.32 Å². The van der Waals surface area contributed by atoms with E-state index in [4.69, 9.17) is 0 Å². The lowest BCUT2D eigenvalue weighted by Crippen LogP contribution is -2.11. The van der Waals surface area contributed by atoms with Crippen LogP contribution in [-0.2, 0) is 0 Å². The maximum absolute atomic E-state index is 11.9. The molecular formula is C13H15N3OS. The van der Waals surface area contributed by atoms with Crippen molar-refractivity contribution >= 4 is 22.4 Å². The van der Waals surface area contributed by atoms with Crippen molar-refractivity contribution in [2.24, 2.45) is 0 Å². The molecule has 0 radical (unpaired) electrons. The average molecular weight is 261 g/mol. The van der Waals surface area contributed by atoms with Crippen LogP contribution in [0.4, 0.5) is 5.13 Å². The molecule has 0 aliphatic carbocycles. The Balaban J connectivity index is 2.08. The van der Waals surface area contributed by atoms with Gasteiger partial charge in [0.25, 0.3) is 5.91 Å². The molecule has 4 nitrogen and oxygen atoms in total. The standard InChI is InChI=1S/C13H15N3OS/c1-8(2)12-15-16-13(18-12)14-11(17)10-6-4-9(3)5-7-10/h4-8H,1-3H3,(H,14,16,17). The van der Waals surface area contributed by atoms with E-state index in [1.165, 1.54) is 11.3 Å². The van der Waals surface area contributed by atoms with Gasteiger partial charge in [0, 0.05) is 11.5 Å². The third-order valence-corrected chi connectivity index (χ3v) is 3.61. The van der Waals surface area contributed by atoms with Crippen LogP contribution in [0.15, 0.2) is 24.3 Å². The second-order valence-corrected chi connectivity index (χ2v) is 5.43. The molecule has 0 saturated heterocycles. The van der Waals surface area contributed by atoms with Crippen LogP contribution >= 0.6 is 11.3 Å². The molecule has 2 aromatic rings. The Hall–Kier alpha value is -1.75. The summed E-state index contributed by atoms with van der Waals surface area (Å²) < 4.78 is 0. The van der Waals surface area contributed by atoms with Crippen molar-refractivity contribution in [3.63, 3.8) is 0 Å². The largest absolute Gasteiger partial charge is 0.296 e. The molecular weight excluding hydrogens is 246 g/mol. The number of benzene rings is 1. The fourth-order valence-electron chi connectivity index (χ4n) is 1.39. The van der Waals surface area contributed by atoms with Gasteiger partial charge in [0.15, 0.2) is 0 Å².